The summed E-state index contributed by atoms with van der Waals surface area (Å²) in [4.78, 5) is 26.1. The molecule has 0 atom stereocenters. The Morgan fingerprint density at radius 2 is 1.82 bits per heavy atom. The van der Waals surface area contributed by atoms with E-state index in [0.717, 1.165) is 30.6 Å². The van der Waals surface area contributed by atoms with Gasteiger partial charge in [0.15, 0.2) is 6.61 Å². The van der Waals surface area contributed by atoms with Crippen molar-refractivity contribution in [1.82, 2.24) is 4.90 Å². The maximum atomic E-state index is 12.4. The highest BCUT2D eigenvalue weighted by Crippen LogP contribution is 2.24. The number of likely N-dealkylation sites (N-methyl/N-ethyl adjacent to an activating group) is 1. The molecule has 0 saturated heterocycles. The average molecular weight is 434 g/mol. The highest BCUT2D eigenvalue weighted by Gasteiger charge is 2.13. The Morgan fingerprint density at radius 1 is 1.14 bits per heavy atom. The van der Waals surface area contributed by atoms with Crippen molar-refractivity contribution in [3.8, 4) is 5.75 Å². The molecule has 1 heterocycles. The van der Waals surface area contributed by atoms with Gasteiger partial charge in [-0.25, -0.2) is 9.59 Å². The molecule has 0 N–H and O–H groups in total. The van der Waals surface area contributed by atoms with Gasteiger partial charge in [-0.15, -0.1) is 24.8 Å². The lowest BCUT2D eigenvalue weighted by Gasteiger charge is -2.18. The van der Waals surface area contributed by atoms with Gasteiger partial charge in [0.05, 0.1) is 6.61 Å². The number of carbonyl (C=O) groups is 1. The van der Waals surface area contributed by atoms with E-state index in [-0.39, 0.29) is 37.0 Å². The first-order chi connectivity index (χ1) is 12.5. The van der Waals surface area contributed by atoms with Gasteiger partial charge in [-0.3, -0.25) is 0 Å². The zero-order valence-corrected chi connectivity index (χ0v) is 18.4. The third-order valence-electron chi connectivity index (χ3n) is 4.49. The van der Waals surface area contributed by atoms with Crippen LogP contribution in [0.3, 0.4) is 0 Å². The largest absolute Gasteiger partial charge is 0.482 e. The molecule has 2 aromatic rings. The minimum absolute atomic E-state index is 0. The number of halogens is 2. The molecular formula is C20H29Cl2NO5. The van der Waals surface area contributed by atoms with E-state index >= 15 is 0 Å². The Kier molecular flexibility index (Phi) is 11.9. The van der Waals surface area contributed by atoms with Gasteiger partial charge < -0.3 is 18.8 Å². The van der Waals surface area contributed by atoms with E-state index in [1.165, 1.54) is 0 Å². The lowest BCUT2D eigenvalue weighted by atomic mass is 10.0. The van der Waals surface area contributed by atoms with Crippen molar-refractivity contribution >= 4 is 41.8 Å². The summed E-state index contributed by atoms with van der Waals surface area (Å²) in [5.41, 5.74) is 1.79. The van der Waals surface area contributed by atoms with Crippen LogP contribution in [0, 0.1) is 6.92 Å². The van der Waals surface area contributed by atoms with E-state index in [0.29, 0.717) is 29.9 Å². The lowest BCUT2D eigenvalue weighted by molar-refractivity contribution is -0.145. The molecule has 8 heteroatoms. The summed E-state index contributed by atoms with van der Waals surface area (Å²) >= 11 is 0. The zero-order chi connectivity index (χ0) is 19.1. The van der Waals surface area contributed by atoms with E-state index in [9.17, 15) is 9.59 Å². The molecule has 0 aliphatic carbocycles. The van der Waals surface area contributed by atoms with Gasteiger partial charge >= 0.3 is 11.6 Å². The van der Waals surface area contributed by atoms with Crippen molar-refractivity contribution in [1.29, 1.82) is 0 Å². The number of nitrogens with zero attached hydrogens (tertiary/aromatic N) is 1. The number of fused-ring (bicyclic) bond motifs is 1. The maximum absolute atomic E-state index is 12.4. The van der Waals surface area contributed by atoms with Crippen molar-refractivity contribution in [2.75, 3.05) is 32.8 Å². The number of hydrogen-bond acceptors (Lipinski definition) is 6. The highest BCUT2D eigenvalue weighted by molar-refractivity contribution is 5.85. The Morgan fingerprint density at radius 3 is 2.43 bits per heavy atom. The zero-order valence-electron chi connectivity index (χ0n) is 16.8. The predicted octanol–water partition coefficient (Wildman–Crippen LogP) is 3.77. The molecule has 0 spiro atoms. The first-order valence-electron chi connectivity index (χ1n) is 9.07. The summed E-state index contributed by atoms with van der Waals surface area (Å²) < 4.78 is 15.7. The molecular weight excluding hydrogens is 405 g/mol. The molecule has 0 saturated carbocycles. The molecule has 0 aliphatic rings. The number of aryl methyl sites for hydroxylation is 1. The van der Waals surface area contributed by atoms with Crippen LogP contribution in [-0.2, 0) is 16.0 Å². The molecule has 1 aromatic carbocycles. The van der Waals surface area contributed by atoms with Crippen molar-refractivity contribution in [2.24, 2.45) is 0 Å². The van der Waals surface area contributed by atoms with Crippen molar-refractivity contribution in [3.63, 3.8) is 0 Å². The van der Waals surface area contributed by atoms with Gasteiger partial charge in [-0.05, 0) is 51.1 Å². The Balaban J connectivity index is 0.00000364. The van der Waals surface area contributed by atoms with E-state index in [2.05, 4.69) is 18.7 Å². The van der Waals surface area contributed by atoms with Crippen LogP contribution < -0.4 is 10.4 Å². The monoisotopic (exact) mass is 433 g/mol. The number of esters is 1. The molecule has 158 valence electrons. The topological polar surface area (TPSA) is 69.0 Å². The lowest BCUT2D eigenvalue weighted by Crippen LogP contribution is -2.27. The van der Waals surface area contributed by atoms with Gasteiger partial charge in [0.2, 0.25) is 0 Å². The fraction of sp³-hybridized carbons (Fsp3) is 0.500. The van der Waals surface area contributed by atoms with E-state index in [4.69, 9.17) is 13.9 Å². The third kappa shape index (κ3) is 6.69. The Bertz CT molecular complexity index is 818. The van der Waals surface area contributed by atoms with Crippen LogP contribution in [0.5, 0.6) is 5.75 Å². The summed E-state index contributed by atoms with van der Waals surface area (Å²) in [6, 6.07) is 5.26. The molecule has 2 rings (SSSR count). The number of carbonyl (C=O) groups excluding carboxylic acids is 1. The van der Waals surface area contributed by atoms with E-state index in [1.807, 2.05) is 13.0 Å². The quantitative estimate of drug-likeness (QED) is 0.442. The second-order valence-electron chi connectivity index (χ2n) is 6.02. The van der Waals surface area contributed by atoms with Crippen LogP contribution in [0.15, 0.2) is 27.4 Å². The first-order valence-corrected chi connectivity index (χ1v) is 9.07. The average Bonchev–Trinajstić information content (AvgIpc) is 2.63. The molecule has 0 bridgehead atoms. The minimum Gasteiger partial charge on any atom is -0.482 e. The fourth-order valence-corrected chi connectivity index (χ4v) is 2.91. The molecule has 1 aromatic heterocycles. The molecule has 0 aliphatic heterocycles. The smallest absolute Gasteiger partial charge is 0.344 e. The number of benzene rings is 1. The van der Waals surface area contributed by atoms with Crippen LogP contribution in [-0.4, -0.2) is 43.7 Å². The number of hydrogen-bond donors (Lipinski definition) is 0. The van der Waals surface area contributed by atoms with Gasteiger partial charge in [0.25, 0.3) is 0 Å². The Labute approximate surface area is 178 Å². The van der Waals surface area contributed by atoms with Crippen molar-refractivity contribution in [3.05, 3.63) is 39.7 Å². The molecule has 0 unspecified atom stereocenters. The standard InChI is InChI=1S/C20H27NO5.2ClH/c1-5-21(6-2)11-10-17-14(4)16-9-8-15(12-18(16)26-20(17)23)25-13-19(22)24-7-3;;/h8-9,12H,5-7,10-11,13H2,1-4H3;2*1H. The second-order valence-corrected chi connectivity index (χ2v) is 6.02. The molecule has 28 heavy (non-hydrogen) atoms. The fourth-order valence-electron chi connectivity index (χ4n) is 2.91. The van der Waals surface area contributed by atoms with Crippen LogP contribution in [0.25, 0.3) is 11.0 Å². The Hall–Kier alpha value is -1.76. The van der Waals surface area contributed by atoms with Crippen LogP contribution >= 0.6 is 24.8 Å². The molecule has 0 radical (unpaired) electrons. The van der Waals surface area contributed by atoms with E-state index < -0.39 is 5.97 Å². The van der Waals surface area contributed by atoms with Crippen LogP contribution in [0.4, 0.5) is 0 Å². The highest BCUT2D eigenvalue weighted by atomic mass is 35.5. The summed E-state index contributed by atoms with van der Waals surface area (Å²) in [7, 11) is 0. The molecule has 0 amide bonds. The SMILES string of the molecule is CCOC(=O)COc1ccc2c(C)c(CCN(CC)CC)c(=O)oc2c1.Cl.Cl. The number of ether oxygens (including phenoxy) is 2. The maximum Gasteiger partial charge on any atom is 0.344 e. The van der Waals surface area contributed by atoms with Gasteiger partial charge in [0.1, 0.15) is 11.3 Å². The predicted molar refractivity (Wildman–Crippen MR) is 115 cm³/mol. The van der Waals surface area contributed by atoms with Crippen molar-refractivity contribution in [2.45, 2.75) is 34.1 Å². The third-order valence-corrected chi connectivity index (χ3v) is 4.49. The summed E-state index contributed by atoms with van der Waals surface area (Å²) in [5, 5.41) is 0.877. The summed E-state index contributed by atoms with van der Waals surface area (Å²) in [6.07, 6.45) is 0.660. The minimum atomic E-state index is -0.433. The van der Waals surface area contributed by atoms with E-state index in [1.54, 1.807) is 19.1 Å². The second kappa shape index (κ2) is 12.6. The van der Waals surface area contributed by atoms with Crippen molar-refractivity contribution < 1.29 is 18.7 Å². The first kappa shape index (κ1) is 26.2. The molecule has 6 nitrogen and oxygen atoms in total. The van der Waals surface area contributed by atoms with Crippen LogP contribution in [0.2, 0.25) is 0 Å². The normalized spacial score (nSPS) is 10.3. The van der Waals surface area contributed by atoms with Gasteiger partial charge in [-0.2, -0.15) is 0 Å². The molecule has 0 fully saturated rings. The van der Waals surface area contributed by atoms with Crippen LogP contribution in [0.1, 0.15) is 31.9 Å². The summed E-state index contributed by atoms with van der Waals surface area (Å²) in [5.74, 6) is 0.0287. The number of rotatable bonds is 9. The van der Waals surface area contributed by atoms with Gasteiger partial charge in [-0.1, -0.05) is 13.8 Å². The van der Waals surface area contributed by atoms with Gasteiger partial charge in [0, 0.05) is 23.6 Å². The summed E-state index contributed by atoms with van der Waals surface area (Å²) in [6.45, 7) is 10.8.